The minimum Gasteiger partial charge on any atom is -0.299 e. The Labute approximate surface area is 77.2 Å². The molecule has 2 rings (SSSR count). The van der Waals surface area contributed by atoms with Crippen molar-refractivity contribution in [1.82, 2.24) is 5.32 Å². The van der Waals surface area contributed by atoms with E-state index in [1.807, 2.05) is 0 Å². The third-order valence-electron chi connectivity index (χ3n) is 3.08. The van der Waals surface area contributed by atoms with Crippen LogP contribution in [0.3, 0.4) is 0 Å². The van der Waals surface area contributed by atoms with Crippen LogP contribution in [0, 0.1) is 17.8 Å². The first-order chi connectivity index (χ1) is 6.29. The molecule has 3 unspecified atom stereocenters. The van der Waals surface area contributed by atoms with E-state index < -0.39 is 0 Å². The molecule has 70 valence electrons. The Kier molecular flexibility index (Phi) is 2.17. The molecule has 0 heterocycles. The smallest absolute Gasteiger partial charge is 0.226 e. The number of allylic oxidation sites excluding steroid dienone is 2. The van der Waals surface area contributed by atoms with E-state index in [9.17, 15) is 9.59 Å². The van der Waals surface area contributed by atoms with Gasteiger partial charge >= 0.3 is 0 Å². The SMILES string of the molecule is O=CNC(=O)CC1CC2C=CC1C2. The zero-order chi connectivity index (χ0) is 9.26. The van der Waals surface area contributed by atoms with Crippen LogP contribution in [0.4, 0.5) is 0 Å². The fourth-order valence-corrected chi connectivity index (χ4v) is 2.49. The molecule has 0 radical (unpaired) electrons. The predicted octanol–water partition coefficient (Wildman–Crippen LogP) is 0.861. The zero-order valence-electron chi connectivity index (χ0n) is 7.40. The highest BCUT2D eigenvalue weighted by Crippen LogP contribution is 2.44. The van der Waals surface area contributed by atoms with E-state index in [1.165, 1.54) is 6.42 Å². The third-order valence-corrected chi connectivity index (χ3v) is 3.08. The van der Waals surface area contributed by atoms with Crippen molar-refractivity contribution >= 4 is 12.3 Å². The first-order valence-electron chi connectivity index (χ1n) is 4.71. The van der Waals surface area contributed by atoms with Crippen molar-refractivity contribution in [2.24, 2.45) is 17.8 Å². The number of imide groups is 1. The maximum absolute atomic E-state index is 11.1. The van der Waals surface area contributed by atoms with Crippen molar-refractivity contribution < 1.29 is 9.59 Å². The van der Waals surface area contributed by atoms with Crippen molar-refractivity contribution in [1.29, 1.82) is 0 Å². The van der Waals surface area contributed by atoms with Gasteiger partial charge in [-0.3, -0.25) is 14.9 Å². The summed E-state index contributed by atoms with van der Waals surface area (Å²) in [6.45, 7) is 0. The molecule has 2 amide bonds. The van der Waals surface area contributed by atoms with Gasteiger partial charge in [-0.15, -0.1) is 0 Å². The first-order valence-corrected chi connectivity index (χ1v) is 4.71. The fraction of sp³-hybridized carbons (Fsp3) is 0.600. The Morgan fingerprint density at radius 1 is 1.46 bits per heavy atom. The lowest BCUT2D eigenvalue weighted by molar-refractivity contribution is -0.126. The van der Waals surface area contributed by atoms with Gasteiger partial charge in [0.1, 0.15) is 0 Å². The Morgan fingerprint density at radius 2 is 2.31 bits per heavy atom. The van der Waals surface area contributed by atoms with E-state index in [2.05, 4.69) is 17.5 Å². The number of nitrogens with one attached hydrogen (secondary N) is 1. The van der Waals surface area contributed by atoms with Crippen molar-refractivity contribution in [2.45, 2.75) is 19.3 Å². The Balaban J connectivity index is 1.86. The zero-order valence-corrected chi connectivity index (χ0v) is 7.40. The Bertz CT molecular complexity index is 260. The van der Waals surface area contributed by atoms with E-state index in [0.717, 1.165) is 6.42 Å². The second-order valence-corrected chi connectivity index (χ2v) is 3.93. The minimum absolute atomic E-state index is 0.138. The summed E-state index contributed by atoms with van der Waals surface area (Å²) in [6.07, 6.45) is 7.76. The summed E-state index contributed by atoms with van der Waals surface area (Å²) in [7, 11) is 0. The largest absolute Gasteiger partial charge is 0.299 e. The molecule has 1 saturated carbocycles. The standard InChI is InChI=1S/C10H13NO2/c12-6-11-10(13)5-9-4-7-1-2-8(9)3-7/h1-2,6-9H,3-5H2,(H,11,12,13). The lowest BCUT2D eigenvalue weighted by Crippen LogP contribution is -2.25. The average molecular weight is 179 g/mol. The lowest BCUT2D eigenvalue weighted by atomic mass is 9.90. The van der Waals surface area contributed by atoms with Crippen LogP contribution in [0.1, 0.15) is 19.3 Å². The Morgan fingerprint density at radius 3 is 2.85 bits per heavy atom. The molecule has 0 aromatic heterocycles. The van der Waals surface area contributed by atoms with Gasteiger partial charge < -0.3 is 0 Å². The van der Waals surface area contributed by atoms with E-state index in [0.29, 0.717) is 30.6 Å². The quantitative estimate of drug-likeness (QED) is 0.516. The summed E-state index contributed by atoms with van der Waals surface area (Å²) in [5.41, 5.74) is 0. The van der Waals surface area contributed by atoms with Crippen molar-refractivity contribution in [3.8, 4) is 0 Å². The van der Waals surface area contributed by atoms with Crippen LogP contribution in [-0.2, 0) is 9.59 Å². The number of rotatable bonds is 3. The molecule has 2 aliphatic rings. The molecule has 0 aliphatic heterocycles. The summed E-state index contributed by atoms with van der Waals surface area (Å²) in [6, 6.07) is 0. The molecule has 2 bridgehead atoms. The molecule has 13 heavy (non-hydrogen) atoms. The van der Waals surface area contributed by atoms with E-state index in [-0.39, 0.29) is 5.91 Å². The predicted molar refractivity (Wildman–Crippen MR) is 47.7 cm³/mol. The monoisotopic (exact) mass is 179 g/mol. The van der Waals surface area contributed by atoms with Gasteiger partial charge in [0.25, 0.3) is 0 Å². The van der Waals surface area contributed by atoms with Gasteiger partial charge in [0.2, 0.25) is 12.3 Å². The first kappa shape index (κ1) is 8.48. The van der Waals surface area contributed by atoms with Crippen molar-refractivity contribution in [2.75, 3.05) is 0 Å². The molecule has 1 N–H and O–H groups in total. The number of hydrogen-bond acceptors (Lipinski definition) is 2. The molecule has 3 atom stereocenters. The second kappa shape index (κ2) is 3.32. The summed E-state index contributed by atoms with van der Waals surface area (Å²) in [5, 5.41) is 2.19. The molecule has 0 spiro atoms. The average Bonchev–Trinajstić information content (AvgIpc) is 2.65. The molecule has 3 heteroatoms. The van der Waals surface area contributed by atoms with Gasteiger partial charge in [0, 0.05) is 6.42 Å². The van der Waals surface area contributed by atoms with Crippen LogP contribution in [0.25, 0.3) is 0 Å². The number of carbonyl (C=O) groups is 2. The summed E-state index contributed by atoms with van der Waals surface area (Å²) >= 11 is 0. The highest BCUT2D eigenvalue weighted by atomic mass is 16.2. The van der Waals surface area contributed by atoms with Gasteiger partial charge in [-0.25, -0.2) is 0 Å². The molecule has 3 nitrogen and oxygen atoms in total. The molecule has 0 aromatic carbocycles. The molecular formula is C10H13NO2. The minimum atomic E-state index is -0.138. The number of amides is 2. The summed E-state index contributed by atoms with van der Waals surface area (Å²) in [5.74, 6) is 1.61. The second-order valence-electron chi connectivity index (χ2n) is 3.93. The number of fused-ring (bicyclic) bond motifs is 2. The van der Waals surface area contributed by atoms with Gasteiger partial charge in [-0.1, -0.05) is 12.2 Å². The summed E-state index contributed by atoms with van der Waals surface area (Å²) in [4.78, 5) is 21.1. The number of carbonyl (C=O) groups excluding carboxylic acids is 2. The highest BCUT2D eigenvalue weighted by Gasteiger charge is 2.36. The topological polar surface area (TPSA) is 46.2 Å². The third kappa shape index (κ3) is 1.64. The van der Waals surface area contributed by atoms with Crippen LogP contribution in [0.2, 0.25) is 0 Å². The summed E-state index contributed by atoms with van der Waals surface area (Å²) < 4.78 is 0. The number of hydrogen-bond donors (Lipinski definition) is 1. The van der Waals surface area contributed by atoms with E-state index in [1.54, 1.807) is 0 Å². The van der Waals surface area contributed by atoms with Crippen LogP contribution in [-0.4, -0.2) is 12.3 Å². The van der Waals surface area contributed by atoms with Gasteiger partial charge in [0.15, 0.2) is 0 Å². The van der Waals surface area contributed by atoms with Gasteiger partial charge in [0.05, 0.1) is 0 Å². The van der Waals surface area contributed by atoms with Crippen LogP contribution in [0.5, 0.6) is 0 Å². The maximum atomic E-state index is 11.1. The van der Waals surface area contributed by atoms with E-state index >= 15 is 0 Å². The lowest BCUT2D eigenvalue weighted by Gasteiger charge is -2.16. The van der Waals surface area contributed by atoms with Crippen molar-refractivity contribution in [3.63, 3.8) is 0 Å². The van der Waals surface area contributed by atoms with Gasteiger partial charge in [-0.05, 0) is 30.6 Å². The molecule has 1 fully saturated rings. The molecule has 0 aromatic rings. The van der Waals surface area contributed by atoms with E-state index in [4.69, 9.17) is 0 Å². The van der Waals surface area contributed by atoms with Crippen molar-refractivity contribution in [3.05, 3.63) is 12.2 Å². The van der Waals surface area contributed by atoms with Crippen LogP contribution < -0.4 is 5.32 Å². The molecule has 2 aliphatic carbocycles. The van der Waals surface area contributed by atoms with Crippen LogP contribution in [0.15, 0.2) is 12.2 Å². The fourth-order valence-electron chi connectivity index (χ4n) is 2.49. The normalized spacial score (nSPS) is 34.9. The Hall–Kier alpha value is -1.12. The van der Waals surface area contributed by atoms with Gasteiger partial charge in [-0.2, -0.15) is 0 Å². The highest BCUT2D eigenvalue weighted by molar-refractivity contribution is 5.85. The van der Waals surface area contributed by atoms with Crippen LogP contribution >= 0.6 is 0 Å². The molecule has 0 saturated heterocycles. The molecular weight excluding hydrogens is 166 g/mol. The maximum Gasteiger partial charge on any atom is 0.226 e.